The first-order valence-corrected chi connectivity index (χ1v) is 7.70. The van der Waals surface area contributed by atoms with Gasteiger partial charge >= 0.3 is 7.67 Å². The van der Waals surface area contributed by atoms with Crippen molar-refractivity contribution in [3.8, 4) is 0 Å². The molecular formula is C8H17Cl2N2O2P. The predicted molar refractivity (Wildman–Crippen MR) is 63.8 cm³/mol. The molecule has 4 nitrogen and oxygen atoms in total. The fourth-order valence-corrected chi connectivity index (χ4v) is 4.31. The lowest BCUT2D eigenvalue weighted by molar-refractivity contribution is 0.290. The molecule has 0 radical (unpaired) electrons. The molecule has 0 aliphatic carbocycles. The smallest absolute Gasteiger partial charge is 0.304 e. The van der Waals surface area contributed by atoms with Crippen LogP contribution >= 0.6 is 30.9 Å². The zero-order valence-corrected chi connectivity index (χ0v) is 11.2. The molecule has 1 aliphatic rings. The zero-order valence-electron chi connectivity index (χ0n) is 8.79. The van der Waals surface area contributed by atoms with E-state index in [4.69, 9.17) is 27.7 Å². The van der Waals surface area contributed by atoms with Crippen LogP contribution in [0.15, 0.2) is 0 Å². The number of halogens is 2. The average molecular weight is 275 g/mol. The van der Waals surface area contributed by atoms with E-state index >= 15 is 0 Å². The van der Waals surface area contributed by atoms with E-state index in [-0.39, 0.29) is 6.04 Å². The van der Waals surface area contributed by atoms with Gasteiger partial charge in [-0.25, -0.2) is 9.76 Å². The maximum absolute atomic E-state index is 12.3. The maximum Gasteiger partial charge on any atom is 0.343 e. The van der Waals surface area contributed by atoms with Crippen molar-refractivity contribution < 1.29 is 9.09 Å². The summed E-state index contributed by atoms with van der Waals surface area (Å²) in [7, 11) is -2.87. The van der Waals surface area contributed by atoms with Crippen molar-refractivity contribution in [2.45, 2.75) is 19.4 Å². The molecule has 0 amide bonds. The van der Waals surface area contributed by atoms with Gasteiger partial charge < -0.3 is 4.52 Å². The molecule has 0 aromatic rings. The van der Waals surface area contributed by atoms with Gasteiger partial charge in [-0.15, -0.1) is 23.2 Å². The summed E-state index contributed by atoms with van der Waals surface area (Å²) < 4.78 is 19.4. The van der Waals surface area contributed by atoms with Gasteiger partial charge in [0.1, 0.15) is 0 Å². The van der Waals surface area contributed by atoms with Crippen LogP contribution in [0.4, 0.5) is 0 Å². The second-order valence-corrected chi connectivity index (χ2v) is 6.26. The Morgan fingerprint density at radius 3 is 2.47 bits per heavy atom. The van der Waals surface area contributed by atoms with Gasteiger partial charge in [0, 0.05) is 30.9 Å². The SMILES string of the molecule is CCC1COP(=O)(N(CCCl)CCCl)N1. The summed E-state index contributed by atoms with van der Waals surface area (Å²) in [6, 6.07) is 0.170. The van der Waals surface area contributed by atoms with E-state index in [0.717, 1.165) is 6.42 Å². The summed E-state index contributed by atoms with van der Waals surface area (Å²) in [6.07, 6.45) is 0.902. The molecule has 2 atom stereocenters. The molecule has 0 bridgehead atoms. The molecule has 2 unspecified atom stereocenters. The molecular weight excluding hydrogens is 258 g/mol. The van der Waals surface area contributed by atoms with Crippen molar-refractivity contribution in [3.63, 3.8) is 0 Å². The lowest BCUT2D eigenvalue weighted by Crippen LogP contribution is -2.31. The summed E-state index contributed by atoms with van der Waals surface area (Å²) in [5.74, 6) is 0.839. The molecule has 15 heavy (non-hydrogen) atoms. The molecule has 0 spiro atoms. The Bertz CT molecular complexity index is 237. The zero-order chi connectivity index (χ0) is 11.3. The van der Waals surface area contributed by atoms with Crippen LogP contribution < -0.4 is 5.09 Å². The van der Waals surface area contributed by atoms with Crippen LogP contribution in [0.1, 0.15) is 13.3 Å². The lowest BCUT2D eigenvalue weighted by atomic mass is 10.3. The van der Waals surface area contributed by atoms with Crippen LogP contribution in [0.25, 0.3) is 0 Å². The van der Waals surface area contributed by atoms with Crippen molar-refractivity contribution in [2.75, 3.05) is 31.5 Å². The quantitative estimate of drug-likeness (QED) is 0.596. The van der Waals surface area contributed by atoms with Crippen LogP contribution in [0.5, 0.6) is 0 Å². The van der Waals surface area contributed by atoms with Crippen LogP contribution in [0.2, 0.25) is 0 Å². The highest BCUT2D eigenvalue weighted by Crippen LogP contribution is 2.50. The molecule has 1 fully saturated rings. The van der Waals surface area contributed by atoms with Gasteiger partial charge in [-0.05, 0) is 6.42 Å². The predicted octanol–water partition coefficient (Wildman–Crippen LogP) is 2.27. The van der Waals surface area contributed by atoms with Crippen molar-refractivity contribution in [1.29, 1.82) is 0 Å². The minimum atomic E-state index is -2.87. The van der Waals surface area contributed by atoms with E-state index in [1.165, 1.54) is 0 Å². The van der Waals surface area contributed by atoms with E-state index in [0.29, 0.717) is 31.5 Å². The Balaban J connectivity index is 2.61. The first-order valence-electron chi connectivity index (χ1n) is 5.06. The Morgan fingerprint density at radius 2 is 2.07 bits per heavy atom. The second kappa shape index (κ2) is 6.43. The van der Waals surface area contributed by atoms with Crippen LogP contribution in [-0.4, -0.2) is 42.2 Å². The summed E-state index contributed by atoms with van der Waals surface area (Å²) in [4.78, 5) is 0. The highest BCUT2D eigenvalue weighted by atomic mass is 35.5. The second-order valence-electron chi connectivity index (χ2n) is 3.38. The van der Waals surface area contributed by atoms with Crippen LogP contribution in [0.3, 0.4) is 0 Å². The Hall–Kier alpha value is 0.690. The van der Waals surface area contributed by atoms with Crippen molar-refractivity contribution in [3.05, 3.63) is 0 Å². The van der Waals surface area contributed by atoms with Crippen LogP contribution in [-0.2, 0) is 9.09 Å². The first-order chi connectivity index (χ1) is 7.16. The Morgan fingerprint density at radius 1 is 1.47 bits per heavy atom. The highest BCUT2D eigenvalue weighted by Gasteiger charge is 2.39. The van der Waals surface area contributed by atoms with Crippen molar-refractivity contribution >= 4 is 30.9 Å². The minimum absolute atomic E-state index is 0.170. The van der Waals surface area contributed by atoms with E-state index in [2.05, 4.69) is 5.09 Å². The highest BCUT2D eigenvalue weighted by molar-refractivity contribution is 7.54. The third-order valence-electron chi connectivity index (χ3n) is 2.35. The molecule has 1 heterocycles. The minimum Gasteiger partial charge on any atom is -0.304 e. The van der Waals surface area contributed by atoms with Gasteiger partial charge in [0.15, 0.2) is 0 Å². The van der Waals surface area contributed by atoms with E-state index < -0.39 is 7.67 Å². The number of nitrogens with one attached hydrogen (secondary N) is 1. The van der Waals surface area contributed by atoms with E-state index in [1.54, 1.807) is 4.67 Å². The summed E-state index contributed by atoms with van der Waals surface area (Å²) in [5.41, 5.74) is 0. The van der Waals surface area contributed by atoms with Gasteiger partial charge in [0.05, 0.1) is 6.61 Å². The van der Waals surface area contributed by atoms with E-state index in [1.807, 2.05) is 6.92 Å². The lowest BCUT2D eigenvalue weighted by Gasteiger charge is -2.25. The molecule has 0 aromatic carbocycles. The number of alkyl halides is 2. The molecule has 0 saturated carbocycles. The maximum atomic E-state index is 12.3. The Labute approximate surface area is 101 Å². The number of hydrogen-bond acceptors (Lipinski definition) is 2. The summed E-state index contributed by atoms with van der Waals surface area (Å²) in [5, 5.41) is 3.03. The van der Waals surface area contributed by atoms with Gasteiger partial charge in [0.25, 0.3) is 0 Å². The summed E-state index contributed by atoms with van der Waals surface area (Å²) in [6.45, 7) is 3.57. The molecule has 1 aliphatic heterocycles. The van der Waals surface area contributed by atoms with E-state index in [9.17, 15) is 4.57 Å². The van der Waals surface area contributed by atoms with Gasteiger partial charge in [-0.3, -0.25) is 4.57 Å². The van der Waals surface area contributed by atoms with Gasteiger partial charge in [-0.2, -0.15) is 0 Å². The van der Waals surface area contributed by atoms with Crippen LogP contribution in [0, 0.1) is 0 Å². The van der Waals surface area contributed by atoms with Crippen molar-refractivity contribution in [2.24, 2.45) is 0 Å². The molecule has 1 N–H and O–H groups in total. The number of rotatable bonds is 6. The number of hydrogen-bond donors (Lipinski definition) is 1. The molecule has 7 heteroatoms. The standard InChI is InChI=1S/C8H17Cl2N2O2P/c1-2-8-7-14-15(13,11-8)12(5-3-9)6-4-10/h8H,2-7H2,1H3,(H,11,13). The Kier molecular flexibility index (Phi) is 5.90. The third-order valence-corrected chi connectivity index (χ3v) is 5.02. The molecule has 0 aromatic heterocycles. The normalized spacial score (nSPS) is 31.3. The topological polar surface area (TPSA) is 41.6 Å². The van der Waals surface area contributed by atoms with Crippen molar-refractivity contribution in [1.82, 2.24) is 9.76 Å². The fraction of sp³-hybridized carbons (Fsp3) is 1.00. The molecule has 90 valence electrons. The monoisotopic (exact) mass is 274 g/mol. The fourth-order valence-electron chi connectivity index (χ4n) is 1.44. The summed E-state index contributed by atoms with van der Waals surface area (Å²) >= 11 is 11.3. The molecule has 1 rings (SSSR count). The van der Waals surface area contributed by atoms with Gasteiger partial charge in [0.2, 0.25) is 0 Å². The third kappa shape index (κ3) is 3.58. The van der Waals surface area contributed by atoms with Gasteiger partial charge in [-0.1, -0.05) is 6.92 Å². The average Bonchev–Trinajstić information content (AvgIpc) is 2.61. The molecule has 1 saturated heterocycles. The number of nitrogens with zero attached hydrogens (tertiary/aromatic N) is 1. The largest absolute Gasteiger partial charge is 0.343 e. The first kappa shape index (κ1) is 13.8.